The minimum absolute atomic E-state index is 0.0246. The average molecular weight is 300 g/mol. The lowest BCUT2D eigenvalue weighted by Crippen LogP contribution is -2.38. The third kappa shape index (κ3) is 3.32. The number of hydrogen-bond donors (Lipinski definition) is 1. The fourth-order valence-electron chi connectivity index (χ4n) is 2.64. The van der Waals surface area contributed by atoms with E-state index >= 15 is 0 Å². The van der Waals surface area contributed by atoms with Gasteiger partial charge < -0.3 is 10.1 Å². The lowest BCUT2D eigenvalue weighted by molar-refractivity contribution is 0.196. The molecule has 0 saturated heterocycles. The molecule has 1 N–H and O–H groups in total. The predicted octanol–water partition coefficient (Wildman–Crippen LogP) is 3.82. The van der Waals surface area contributed by atoms with Crippen LogP contribution in [0, 0.1) is 0 Å². The van der Waals surface area contributed by atoms with E-state index < -0.39 is 0 Å². The SMILES string of the molecule is COCCNCC1(c2c(Cl)cccc2Cl)CC=CC1. The van der Waals surface area contributed by atoms with Gasteiger partial charge in [0.25, 0.3) is 0 Å². The Morgan fingerprint density at radius 1 is 1.21 bits per heavy atom. The molecule has 1 aromatic rings. The van der Waals surface area contributed by atoms with Crippen molar-refractivity contribution >= 4 is 23.2 Å². The maximum atomic E-state index is 6.37. The molecule has 104 valence electrons. The van der Waals surface area contributed by atoms with Crippen LogP contribution in [0.4, 0.5) is 0 Å². The summed E-state index contributed by atoms with van der Waals surface area (Å²) in [5, 5.41) is 4.95. The quantitative estimate of drug-likeness (QED) is 0.637. The molecule has 1 aliphatic carbocycles. The van der Waals surface area contributed by atoms with E-state index in [9.17, 15) is 0 Å². The van der Waals surface area contributed by atoms with Gasteiger partial charge in [0.1, 0.15) is 0 Å². The summed E-state index contributed by atoms with van der Waals surface area (Å²) < 4.78 is 5.06. The number of methoxy groups -OCH3 is 1. The second-order valence-electron chi connectivity index (χ2n) is 4.93. The molecule has 0 radical (unpaired) electrons. The Bertz CT molecular complexity index is 431. The molecule has 0 saturated carbocycles. The molecule has 1 aromatic carbocycles. The van der Waals surface area contributed by atoms with Crippen molar-refractivity contribution in [3.63, 3.8) is 0 Å². The molecule has 0 unspecified atom stereocenters. The Morgan fingerprint density at radius 2 is 1.84 bits per heavy atom. The third-order valence-corrected chi connectivity index (χ3v) is 4.25. The van der Waals surface area contributed by atoms with Crippen LogP contribution in [0.2, 0.25) is 10.0 Å². The van der Waals surface area contributed by atoms with Crippen LogP contribution in [0.15, 0.2) is 30.4 Å². The van der Waals surface area contributed by atoms with Gasteiger partial charge in [-0.2, -0.15) is 0 Å². The van der Waals surface area contributed by atoms with Crippen LogP contribution in [0.5, 0.6) is 0 Å². The number of halogens is 2. The van der Waals surface area contributed by atoms with E-state index in [1.54, 1.807) is 7.11 Å². The number of benzene rings is 1. The number of rotatable bonds is 6. The first-order valence-electron chi connectivity index (χ1n) is 6.49. The van der Waals surface area contributed by atoms with E-state index in [2.05, 4.69) is 17.5 Å². The van der Waals surface area contributed by atoms with E-state index in [4.69, 9.17) is 27.9 Å². The van der Waals surface area contributed by atoms with E-state index in [0.29, 0.717) is 6.61 Å². The van der Waals surface area contributed by atoms with Gasteiger partial charge in [0.15, 0.2) is 0 Å². The molecule has 1 aliphatic rings. The highest BCUT2D eigenvalue weighted by Gasteiger charge is 2.36. The van der Waals surface area contributed by atoms with E-state index in [1.807, 2.05) is 18.2 Å². The lowest BCUT2D eigenvalue weighted by Gasteiger charge is -2.32. The second-order valence-corrected chi connectivity index (χ2v) is 5.74. The van der Waals surface area contributed by atoms with Crippen molar-refractivity contribution in [2.24, 2.45) is 0 Å². The summed E-state index contributed by atoms with van der Waals surface area (Å²) in [6.07, 6.45) is 6.35. The first kappa shape index (κ1) is 14.9. The highest BCUT2D eigenvalue weighted by molar-refractivity contribution is 6.36. The van der Waals surface area contributed by atoms with Crippen molar-refractivity contribution in [3.05, 3.63) is 46.0 Å². The van der Waals surface area contributed by atoms with Crippen LogP contribution in [0.1, 0.15) is 18.4 Å². The summed E-state index contributed by atoms with van der Waals surface area (Å²) in [7, 11) is 1.71. The molecule has 0 amide bonds. The zero-order valence-electron chi connectivity index (χ0n) is 11.1. The van der Waals surface area contributed by atoms with Crippen LogP contribution in [-0.2, 0) is 10.2 Å². The summed E-state index contributed by atoms with van der Waals surface area (Å²) in [5.41, 5.74) is 1.04. The van der Waals surface area contributed by atoms with Crippen LogP contribution in [0.3, 0.4) is 0 Å². The standard InChI is InChI=1S/C15H19Cl2NO/c1-19-10-9-18-11-15(7-2-3-8-15)14-12(16)5-4-6-13(14)17/h2-6,18H,7-11H2,1H3. The second kappa shape index (κ2) is 6.76. The molecule has 0 aliphatic heterocycles. The summed E-state index contributed by atoms with van der Waals surface area (Å²) >= 11 is 12.7. The molecular formula is C15H19Cl2NO. The van der Waals surface area contributed by atoms with Gasteiger partial charge >= 0.3 is 0 Å². The predicted molar refractivity (Wildman–Crippen MR) is 81.3 cm³/mol. The largest absolute Gasteiger partial charge is 0.383 e. The molecule has 19 heavy (non-hydrogen) atoms. The first-order valence-corrected chi connectivity index (χ1v) is 7.24. The molecule has 0 fully saturated rings. The average Bonchev–Trinajstić information content (AvgIpc) is 2.84. The highest BCUT2D eigenvalue weighted by Crippen LogP contribution is 2.43. The van der Waals surface area contributed by atoms with Crippen molar-refractivity contribution in [1.29, 1.82) is 0 Å². The third-order valence-electron chi connectivity index (χ3n) is 3.62. The number of nitrogens with one attached hydrogen (secondary N) is 1. The molecule has 2 nitrogen and oxygen atoms in total. The van der Waals surface area contributed by atoms with Gasteiger partial charge in [-0.1, -0.05) is 41.4 Å². The highest BCUT2D eigenvalue weighted by atomic mass is 35.5. The monoisotopic (exact) mass is 299 g/mol. The molecule has 2 rings (SSSR count). The molecular weight excluding hydrogens is 281 g/mol. The maximum Gasteiger partial charge on any atom is 0.0587 e. The van der Waals surface area contributed by atoms with Gasteiger partial charge in [0.05, 0.1) is 6.61 Å². The van der Waals surface area contributed by atoms with Crippen molar-refractivity contribution in [2.75, 3.05) is 26.8 Å². The van der Waals surface area contributed by atoms with Crippen molar-refractivity contribution in [1.82, 2.24) is 5.32 Å². The Morgan fingerprint density at radius 3 is 2.42 bits per heavy atom. The molecule has 0 bridgehead atoms. The number of ether oxygens (including phenoxy) is 1. The minimum Gasteiger partial charge on any atom is -0.383 e. The van der Waals surface area contributed by atoms with Crippen LogP contribution >= 0.6 is 23.2 Å². The molecule has 0 spiro atoms. The smallest absolute Gasteiger partial charge is 0.0587 e. The molecule has 0 heterocycles. The summed E-state index contributed by atoms with van der Waals surface area (Å²) in [4.78, 5) is 0. The van der Waals surface area contributed by atoms with Crippen molar-refractivity contribution < 1.29 is 4.74 Å². The zero-order chi connectivity index (χ0) is 13.7. The Hall–Kier alpha value is -0.540. The maximum absolute atomic E-state index is 6.37. The number of hydrogen-bond acceptors (Lipinski definition) is 2. The molecule has 0 aromatic heterocycles. The van der Waals surface area contributed by atoms with E-state index in [-0.39, 0.29) is 5.41 Å². The summed E-state index contributed by atoms with van der Waals surface area (Å²) in [6, 6.07) is 5.72. The van der Waals surface area contributed by atoms with Crippen LogP contribution in [-0.4, -0.2) is 26.8 Å². The fraction of sp³-hybridized carbons (Fsp3) is 0.467. The van der Waals surface area contributed by atoms with Gasteiger partial charge in [-0.3, -0.25) is 0 Å². The fourth-order valence-corrected chi connectivity index (χ4v) is 3.44. The molecule has 4 heteroatoms. The topological polar surface area (TPSA) is 21.3 Å². The molecule has 0 atom stereocenters. The van der Waals surface area contributed by atoms with Crippen molar-refractivity contribution in [3.8, 4) is 0 Å². The Balaban J connectivity index is 2.19. The van der Waals surface area contributed by atoms with Crippen LogP contribution < -0.4 is 5.32 Å². The van der Waals surface area contributed by atoms with E-state index in [1.165, 1.54) is 0 Å². The first-order chi connectivity index (χ1) is 9.19. The van der Waals surface area contributed by atoms with Gasteiger partial charge in [0.2, 0.25) is 0 Å². The van der Waals surface area contributed by atoms with Crippen molar-refractivity contribution in [2.45, 2.75) is 18.3 Å². The normalized spacial score (nSPS) is 17.0. The Labute approximate surface area is 124 Å². The lowest BCUT2D eigenvalue weighted by atomic mass is 9.78. The van der Waals surface area contributed by atoms with Gasteiger partial charge in [-0.25, -0.2) is 0 Å². The summed E-state index contributed by atoms with van der Waals surface area (Å²) in [5.74, 6) is 0. The minimum atomic E-state index is -0.0246. The zero-order valence-corrected chi connectivity index (χ0v) is 12.6. The van der Waals surface area contributed by atoms with Gasteiger partial charge in [0, 0.05) is 35.7 Å². The number of allylic oxidation sites excluding steroid dienone is 2. The van der Waals surface area contributed by atoms with Gasteiger partial charge in [-0.05, 0) is 30.5 Å². The van der Waals surface area contributed by atoms with Crippen LogP contribution in [0.25, 0.3) is 0 Å². The Kier molecular flexibility index (Phi) is 5.28. The summed E-state index contributed by atoms with van der Waals surface area (Å²) in [6.45, 7) is 2.40. The van der Waals surface area contributed by atoms with Gasteiger partial charge in [-0.15, -0.1) is 0 Å². The van der Waals surface area contributed by atoms with E-state index in [0.717, 1.165) is 41.5 Å².